The predicted molar refractivity (Wildman–Crippen MR) is 116 cm³/mol. The first-order valence-corrected chi connectivity index (χ1v) is 9.81. The van der Waals surface area contributed by atoms with E-state index in [0.29, 0.717) is 5.57 Å². The van der Waals surface area contributed by atoms with Crippen LogP contribution in [0.5, 0.6) is 11.5 Å². The van der Waals surface area contributed by atoms with Crippen LogP contribution in [0, 0.1) is 10.1 Å². The maximum atomic E-state index is 13.4. The zero-order valence-corrected chi connectivity index (χ0v) is 18.1. The maximum absolute atomic E-state index is 13.4. The summed E-state index contributed by atoms with van der Waals surface area (Å²) < 4.78 is 15.9. The molecule has 0 N–H and O–H groups in total. The number of esters is 1. The fraction of sp³-hybridized carbons (Fsp3) is 0.304. The second kappa shape index (κ2) is 9.09. The van der Waals surface area contributed by atoms with E-state index in [-0.39, 0.29) is 36.6 Å². The molecule has 0 spiro atoms. The molecule has 9 heteroatoms. The SMILES string of the molecule is C=C1CN(C(=O)c2cc(OC)c(OCc3ccccc3)cc2[N+](=O)[O-])C(C)(C(=O)OC)C1. The molecule has 1 amide bonds. The zero-order valence-electron chi connectivity index (χ0n) is 18.1. The van der Waals surface area contributed by atoms with E-state index in [2.05, 4.69) is 6.58 Å². The number of rotatable bonds is 7. The third-order valence-corrected chi connectivity index (χ3v) is 5.39. The summed E-state index contributed by atoms with van der Waals surface area (Å²) in [5, 5.41) is 11.8. The summed E-state index contributed by atoms with van der Waals surface area (Å²) in [4.78, 5) is 38.2. The van der Waals surface area contributed by atoms with Crippen molar-refractivity contribution in [2.24, 2.45) is 0 Å². The van der Waals surface area contributed by atoms with Crippen molar-refractivity contribution in [3.05, 3.63) is 75.9 Å². The Bertz CT molecular complexity index is 1070. The van der Waals surface area contributed by atoms with Crippen LogP contribution in [-0.4, -0.2) is 48.0 Å². The summed E-state index contributed by atoms with van der Waals surface area (Å²) in [5.74, 6) is -1.04. The molecule has 1 unspecified atom stereocenters. The van der Waals surface area contributed by atoms with Crippen molar-refractivity contribution in [1.29, 1.82) is 0 Å². The molecule has 1 aliphatic heterocycles. The minimum absolute atomic E-state index is 0.0795. The van der Waals surface area contributed by atoms with Gasteiger partial charge in [0.15, 0.2) is 11.5 Å². The molecule has 2 aromatic carbocycles. The van der Waals surface area contributed by atoms with E-state index in [9.17, 15) is 19.7 Å². The van der Waals surface area contributed by atoms with E-state index in [1.807, 2.05) is 30.3 Å². The minimum atomic E-state index is -1.31. The first kappa shape index (κ1) is 22.8. The van der Waals surface area contributed by atoms with Crippen LogP contribution in [0.1, 0.15) is 29.3 Å². The Morgan fingerprint density at radius 1 is 1.19 bits per heavy atom. The highest BCUT2D eigenvalue weighted by molar-refractivity contribution is 6.02. The Balaban J connectivity index is 2.00. The fourth-order valence-electron chi connectivity index (χ4n) is 3.76. The Labute approximate surface area is 185 Å². The molecule has 0 aromatic heterocycles. The molecule has 1 aliphatic rings. The van der Waals surface area contributed by atoms with Crippen molar-refractivity contribution in [3.8, 4) is 11.5 Å². The van der Waals surface area contributed by atoms with E-state index >= 15 is 0 Å². The lowest BCUT2D eigenvalue weighted by Crippen LogP contribution is -2.51. The third-order valence-electron chi connectivity index (χ3n) is 5.39. The highest BCUT2D eigenvalue weighted by atomic mass is 16.6. The van der Waals surface area contributed by atoms with Crippen molar-refractivity contribution in [2.45, 2.75) is 25.5 Å². The second-order valence-electron chi connectivity index (χ2n) is 7.64. The quantitative estimate of drug-likeness (QED) is 0.280. The van der Waals surface area contributed by atoms with Crippen molar-refractivity contribution < 1.29 is 28.7 Å². The minimum Gasteiger partial charge on any atom is -0.493 e. The smallest absolute Gasteiger partial charge is 0.331 e. The lowest BCUT2D eigenvalue weighted by molar-refractivity contribution is -0.385. The van der Waals surface area contributed by atoms with Gasteiger partial charge in [-0.15, -0.1) is 0 Å². The normalized spacial score (nSPS) is 17.7. The number of carbonyl (C=O) groups excluding carboxylic acids is 2. The first-order chi connectivity index (χ1) is 15.2. The number of nitro groups is 1. The molecule has 9 nitrogen and oxygen atoms in total. The van der Waals surface area contributed by atoms with Gasteiger partial charge < -0.3 is 19.1 Å². The van der Waals surface area contributed by atoms with Crippen LogP contribution >= 0.6 is 0 Å². The first-order valence-electron chi connectivity index (χ1n) is 9.81. The molecule has 0 bridgehead atoms. The molecule has 3 rings (SSSR count). The summed E-state index contributed by atoms with van der Waals surface area (Å²) in [6.07, 6.45) is 0.203. The molecule has 168 valence electrons. The van der Waals surface area contributed by atoms with E-state index in [1.54, 1.807) is 6.92 Å². The van der Waals surface area contributed by atoms with Gasteiger partial charge >= 0.3 is 5.97 Å². The monoisotopic (exact) mass is 440 g/mol. The highest BCUT2D eigenvalue weighted by Gasteiger charge is 2.49. The lowest BCUT2D eigenvalue weighted by Gasteiger charge is -2.32. The Morgan fingerprint density at radius 3 is 2.47 bits per heavy atom. The zero-order chi connectivity index (χ0) is 23.5. The molecule has 0 aliphatic carbocycles. The van der Waals surface area contributed by atoms with Crippen LogP contribution in [0.4, 0.5) is 5.69 Å². The standard InChI is InChI=1S/C23H24N2O7/c1-15-12-23(2,22(27)31-4)24(13-15)21(26)17-10-19(30-3)20(11-18(17)25(28)29)32-14-16-8-6-5-7-9-16/h5-11H,1,12-14H2,2-4H3. The molecule has 1 heterocycles. The molecule has 1 atom stereocenters. The average Bonchev–Trinajstić information content (AvgIpc) is 3.11. The Morgan fingerprint density at radius 2 is 1.88 bits per heavy atom. The molecular formula is C23H24N2O7. The topological polar surface area (TPSA) is 108 Å². The second-order valence-corrected chi connectivity index (χ2v) is 7.64. The molecule has 2 aromatic rings. The summed E-state index contributed by atoms with van der Waals surface area (Å²) >= 11 is 0. The van der Waals surface area contributed by atoms with Crippen LogP contribution in [-0.2, 0) is 16.1 Å². The number of hydrogen-bond acceptors (Lipinski definition) is 7. The van der Waals surface area contributed by atoms with E-state index in [1.165, 1.54) is 25.2 Å². The number of nitro benzene ring substituents is 1. The molecule has 1 saturated heterocycles. The molecule has 0 saturated carbocycles. The van der Waals surface area contributed by atoms with Crippen LogP contribution in [0.25, 0.3) is 0 Å². The van der Waals surface area contributed by atoms with Gasteiger partial charge in [-0.3, -0.25) is 14.9 Å². The van der Waals surface area contributed by atoms with Gasteiger partial charge in [-0.05, 0) is 12.5 Å². The van der Waals surface area contributed by atoms with E-state index < -0.39 is 28.0 Å². The maximum Gasteiger partial charge on any atom is 0.331 e. The molecule has 0 radical (unpaired) electrons. The number of amides is 1. The summed E-state index contributed by atoms with van der Waals surface area (Å²) in [5.41, 5.74) is -0.482. The predicted octanol–water partition coefficient (Wildman–Crippen LogP) is 3.52. The van der Waals surface area contributed by atoms with E-state index in [4.69, 9.17) is 14.2 Å². The summed E-state index contributed by atoms with van der Waals surface area (Å²) in [7, 11) is 2.60. The van der Waals surface area contributed by atoms with Gasteiger partial charge in [-0.2, -0.15) is 0 Å². The number of hydrogen-bond donors (Lipinski definition) is 0. The number of benzene rings is 2. The van der Waals surface area contributed by atoms with Gasteiger partial charge in [0.2, 0.25) is 0 Å². The van der Waals surface area contributed by atoms with Crippen LogP contribution in [0.3, 0.4) is 0 Å². The largest absolute Gasteiger partial charge is 0.493 e. The Kier molecular flexibility index (Phi) is 6.47. The summed E-state index contributed by atoms with van der Waals surface area (Å²) in [6.45, 7) is 5.66. The number of methoxy groups -OCH3 is 2. The van der Waals surface area contributed by atoms with Gasteiger partial charge in [-0.25, -0.2) is 4.79 Å². The van der Waals surface area contributed by atoms with Crippen molar-refractivity contribution in [3.63, 3.8) is 0 Å². The number of ether oxygens (including phenoxy) is 3. The van der Waals surface area contributed by atoms with Crippen molar-refractivity contribution in [2.75, 3.05) is 20.8 Å². The van der Waals surface area contributed by atoms with E-state index in [0.717, 1.165) is 11.6 Å². The number of carbonyl (C=O) groups is 2. The lowest BCUT2D eigenvalue weighted by atomic mass is 9.97. The molecular weight excluding hydrogens is 416 g/mol. The number of nitrogens with zero attached hydrogens (tertiary/aromatic N) is 2. The number of likely N-dealkylation sites (tertiary alicyclic amines) is 1. The highest BCUT2D eigenvalue weighted by Crippen LogP contribution is 2.39. The van der Waals surface area contributed by atoms with Gasteiger partial charge in [-0.1, -0.05) is 42.5 Å². The average molecular weight is 440 g/mol. The van der Waals surface area contributed by atoms with Gasteiger partial charge in [0.05, 0.1) is 25.2 Å². The fourth-order valence-corrected chi connectivity index (χ4v) is 3.76. The third kappa shape index (κ3) is 4.27. The van der Waals surface area contributed by atoms with Crippen molar-refractivity contribution >= 4 is 17.6 Å². The van der Waals surface area contributed by atoms with Crippen LogP contribution in [0.2, 0.25) is 0 Å². The van der Waals surface area contributed by atoms with Crippen molar-refractivity contribution in [1.82, 2.24) is 4.90 Å². The van der Waals surface area contributed by atoms with Crippen LogP contribution < -0.4 is 9.47 Å². The van der Waals surface area contributed by atoms with Gasteiger partial charge in [0.25, 0.3) is 11.6 Å². The van der Waals surface area contributed by atoms with Crippen LogP contribution in [0.15, 0.2) is 54.6 Å². The molecule has 32 heavy (non-hydrogen) atoms. The van der Waals surface area contributed by atoms with Gasteiger partial charge in [0, 0.05) is 19.0 Å². The summed E-state index contributed by atoms with van der Waals surface area (Å²) in [6, 6.07) is 11.7. The molecule has 1 fully saturated rings. The van der Waals surface area contributed by atoms with Gasteiger partial charge in [0.1, 0.15) is 17.7 Å². The Hall–Kier alpha value is -3.88.